The highest BCUT2D eigenvalue weighted by atomic mass is 16.5. The number of anilines is 1. The molecule has 0 fully saturated rings. The SMILES string of the molecule is CCCOc1ncnc(OCC(C)CCC)c1N. The molecule has 1 aromatic heterocycles. The second-order valence-electron chi connectivity index (χ2n) is 4.45. The van der Waals surface area contributed by atoms with E-state index in [0.29, 0.717) is 36.6 Å². The van der Waals surface area contributed by atoms with Crippen molar-refractivity contribution >= 4 is 5.69 Å². The summed E-state index contributed by atoms with van der Waals surface area (Å²) in [6.07, 6.45) is 4.60. The summed E-state index contributed by atoms with van der Waals surface area (Å²) < 4.78 is 11.0. The van der Waals surface area contributed by atoms with Gasteiger partial charge >= 0.3 is 0 Å². The quantitative estimate of drug-likeness (QED) is 0.771. The summed E-state index contributed by atoms with van der Waals surface area (Å²) in [5, 5.41) is 0. The average molecular weight is 253 g/mol. The Labute approximate surface area is 109 Å². The van der Waals surface area contributed by atoms with Gasteiger partial charge in [0.15, 0.2) is 5.69 Å². The third kappa shape index (κ3) is 4.39. The van der Waals surface area contributed by atoms with Crippen LogP contribution in [0.5, 0.6) is 11.8 Å². The largest absolute Gasteiger partial charge is 0.476 e. The van der Waals surface area contributed by atoms with Crippen LogP contribution < -0.4 is 15.2 Å². The molecule has 5 nitrogen and oxygen atoms in total. The number of hydrogen-bond acceptors (Lipinski definition) is 5. The van der Waals surface area contributed by atoms with Crippen molar-refractivity contribution in [3.63, 3.8) is 0 Å². The predicted molar refractivity (Wildman–Crippen MR) is 71.8 cm³/mol. The van der Waals surface area contributed by atoms with Gasteiger partial charge in [0.25, 0.3) is 0 Å². The van der Waals surface area contributed by atoms with Gasteiger partial charge in [0.05, 0.1) is 13.2 Å². The second kappa shape index (κ2) is 7.74. The lowest BCUT2D eigenvalue weighted by atomic mass is 10.1. The molecule has 0 saturated heterocycles. The van der Waals surface area contributed by atoms with E-state index < -0.39 is 0 Å². The number of nitrogens with two attached hydrogens (primary N) is 1. The van der Waals surface area contributed by atoms with E-state index in [1.807, 2.05) is 6.92 Å². The van der Waals surface area contributed by atoms with Gasteiger partial charge in [-0.05, 0) is 18.8 Å². The maximum atomic E-state index is 5.91. The Hall–Kier alpha value is -1.52. The molecule has 0 bridgehead atoms. The van der Waals surface area contributed by atoms with E-state index in [4.69, 9.17) is 15.2 Å². The zero-order valence-electron chi connectivity index (χ0n) is 11.5. The Morgan fingerprint density at radius 1 is 1.17 bits per heavy atom. The summed E-state index contributed by atoms with van der Waals surface area (Å²) >= 11 is 0. The molecule has 102 valence electrons. The minimum atomic E-state index is 0.384. The fraction of sp³-hybridized carbons (Fsp3) is 0.692. The first-order chi connectivity index (χ1) is 8.69. The summed E-state index contributed by atoms with van der Waals surface area (Å²) in [4.78, 5) is 8.04. The van der Waals surface area contributed by atoms with E-state index in [9.17, 15) is 0 Å². The zero-order chi connectivity index (χ0) is 13.4. The lowest BCUT2D eigenvalue weighted by Gasteiger charge is -2.13. The van der Waals surface area contributed by atoms with Crippen LogP contribution in [0.3, 0.4) is 0 Å². The van der Waals surface area contributed by atoms with Crippen molar-refractivity contribution in [2.24, 2.45) is 5.92 Å². The second-order valence-corrected chi connectivity index (χ2v) is 4.45. The summed E-state index contributed by atoms with van der Waals surface area (Å²) in [5.41, 5.74) is 6.29. The molecule has 0 aromatic carbocycles. The van der Waals surface area contributed by atoms with Crippen molar-refractivity contribution in [1.82, 2.24) is 9.97 Å². The van der Waals surface area contributed by atoms with Gasteiger partial charge in [-0.3, -0.25) is 0 Å². The Balaban J connectivity index is 2.60. The fourth-order valence-corrected chi connectivity index (χ4v) is 1.59. The highest BCUT2D eigenvalue weighted by Crippen LogP contribution is 2.27. The Kier molecular flexibility index (Phi) is 6.25. The molecule has 0 aliphatic carbocycles. The molecular weight excluding hydrogens is 230 g/mol. The summed E-state index contributed by atoms with van der Waals surface area (Å²) in [6, 6.07) is 0. The Morgan fingerprint density at radius 3 is 2.44 bits per heavy atom. The van der Waals surface area contributed by atoms with Gasteiger partial charge in [-0.1, -0.05) is 27.2 Å². The maximum absolute atomic E-state index is 5.91. The standard InChI is InChI=1S/C13H23N3O2/c1-4-6-10(3)8-18-13-11(14)12(15-9-16-13)17-7-5-2/h9-10H,4-8,14H2,1-3H3. The van der Waals surface area contributed by atoms with Crippen LogP contribution in [0.4, 0.5) is 5.69 Å². The summed E-state index contributed by atoms with van der Waals surface area (Å²) in [5.74, 6) is 1.31. The molecule has 1 aromatic rings. The van der Waals surface area contributed by atoms with E-state index in [2.05, 4.69) is 23.8 Å². The Bertz CT molecular complexity index is 358. The van der Waals surface area contributed by atoms with Gasteiger partial charge in [-0.2, -0.15) is 9.97 Å². The predicted octanol–water partition coefficient (Wildman–Crippen LogP) is 2.66. The van der Waals surface area contributed by atoms with Crippen LogP contribution >= 0.6 is 0 Å². The van der Waals surface area contributed by atoms with Gasteiger partial charge in [-0.15, -0.1) is 0 Å². The molecule has 1 heterocycles. The maximum Gasteiger partial charge on any atom is 0.244 e. The molecule has 2 N–H and O–H groups in total. The van der Waals surface area contributed by atoms with Crippen molar-refractivity contribution in [2.45, 2.75) is 40.0 Å². The molecule has 0 amide bonds. The van der Waals surface area contributed by atoms with Crippen LogP contribution in [0.1, 0.15) is 40.0 Å². The molecule has 1 atom stereocenters. The minimum absolute atomic E-state index is 0.384. The topological polar surface area (TPSA) is 70.3 Å². The highest BCUT2D eigenvalue weighted by molar-refractivity contribution is 5.55. The van der Waals surface area contributed by atoms with Crippen LogP contribution in [0.25, 0.3) is 0 Å². The Morgan fingerprint density at radius 2 is 1.83 bits per heavy atom. The molecule has 0 saturated carbocycles. The molecule has 0 radical (unpaired) electrons. The molecule has 1 unspecified atom stereocenters. The van der Waals surface area contributed by atoms with Crippen molar-refractivity contribution in [3.8, 4) is 11.8 Å². The van der Waals surface area contributed by atoms with Gasteiger partial charge in [0, 0.05) is 0 Å². The van der Waals surface area contributed by atoms with E-state index in [1.54, 1.807) is 0 Å². The molecule has 0 spiro atoms. The van der Waals surface area contributed by atoms with Crippen LogP contribution in [-0.4, -0.2) is 23.2 Å². The monoisotopic (exact) mass is 253 g/mol. The molecule has 5 heteroatoms. The fourth-order valence-electron chi connectivity index (χ4n) is 1.59. The van der Waals surface area contributed by atoms with Crippen LogP contribution in [-0.2, 0) is 0 Å². The van der Waals surface area contributed by atoms with Crippen molar-refractivity contribution in [3.05, 3.63) is 6.33 Å². The molecule has 18 heavy (non-hydrogen) atoms. The summed E-state index contributed by atoms with van der Waals surface area (Å²) in [6.45, 7) is 7.54. The molecule has 0 aliphatic heterocycles. The number of hydrogen-bond donors (Lipinski definition) is 1. The van der Waals surface area contributed by atoms with E-state index in [0.717, 1.165) is 19.3 Å². The van der Waals surface area contributed by atoms with E-state index in [1.165, 1.54) is 6.33 Å². The van der Waals surface area contributed by atoms with Gasteiger partial charge < -0.3 is 15.2 Å². The summed E-state index contributed by atoms with van der Waals surface area (Å²) in [7, 11) is 0. The average Bonchev–Trinajstić information content (AvgIpc) is 2.36. The number of nitrogens with zero attached hydrogens (tertiary/aromatic N) is 2. The smallest absolute Gasteiger partial charge is 0.244 e. The van der Waals surface area contributed by atoms with Crippen molar-refractivity contribution in [1.29, 1.82) is 0 Å². The first kappa shape index (κ1) is 14.5. The van der Waals surface area contributed by atoms with Gasteiger partial charge in [0.2, 0.25) is 11.8 Å². The van der Waals surface area contributed by atoms with E-state index >= 15 is 0 Å². The lowest BCUT2D eigenvalue weighted by molar-refractivity contribution is 0.241. The first-order valence-corrected chi connectivity index (χ1v) is 6.55. The molecule has 0 aliphatic rings. The normalized spacial score (nSPS) is 12.2. The first-order valence-electron chi connectivity index (χ1n) is 6.55. The number of rotatable bonds is 8. The van der Waals surface area contributed by atoms with Crippen LogP contribution in [0.15, 0.2) is 6.33 Å². The molecule has 1 rings (SSSR count). The van der Waals surface area contributed by atoms with Gasteiger partial charge in [0.1, 0.15) is 6.33 Å². The molecular formula is C13H23N3O2. The van der Waals surface area contributed by atoms with E-state index in [-0.39, 0.29) is 0 Å². The zero-order valence-corrected chi connectivity index (χ0v) is 11.5. The third-order valence-electron chi connectivity index (χ3n) is 2.54. The number of aromatic nitrogens is 2. The highest BCUT2D eigenvalue weighted by Gasteiger charge is 2.11. The minimum Gasteiger partial charge on any atom is -0.476 e. The number of nitrogen functional groups attached to an aromatic ring is 1. The van der Waals surface area contributed by atoms with Crippen molar-refractivity contribution in [2.75, 3.05) is 18.9 Å². The van der Waals surface area contributed by atoms with Crippen LogP contribution in [0.2, 0.25) is 0 Å². The number of ether oxygens (including phenoxy) is 2. The van der Waals surface area contributed by atoms with Gasteiger partial charge in [-0.25, -0.2) is 0 Å². The lowest BCUT2D eigenvalue weighted by Crippen LogP contribution is -2.11. The van der Waals surface area contributed by atoms with Crippen LogP contribution in [0, 0.1) is 5.92 Å². The third-order valence-corrected chi connectivity index (χ3v) is 2.54. The van der Waals surface area contributed by atoms with Crippen molar-refractivity contribution < 1.29 is 9.47 Å².